The average Bonchev–Trinajstić information content (AvgIpc) is 2.70. The summed E-state index contributed by atoms with van der Waals surface area (Å²) in [5.74, 6) is 0.396. The van der Waals surface area contributed by atoms with Gasteiger partial charge in [0.15, 0.2) is 0 Å². The molecule has 7 nitrogen and oxygen atoms in total. The Bertz CT molecular complexity index is 923. The normalized spacial score (nSPS) is 11.5. The summed E-state index contributed by atoms with van der Waals surface area (Å²) in [5.41, 5.74) is 4.99. The summed E-state index contributed by atoms with van der Waals surface area (Å²) in [6.07, 6.45) is 0. The number of hydrazone groups is 1. The maximum Gasteiger partial charge on any atom is 0.269 e. The van der Waals surface area contributed by atoms with Gasteiger partial charge in [0.1, 0.15) is 0 Å². The number of nitrogens with zero attached hydrogens (tertiary/aromatic N) is 4. The minimum Gasteiger partial charge on any atom is -0.276 e. The predicted molar refractivity (Wildman–Crippen MR) is 101 cm³/mol. The summed E-state index contributed by atoms with van der Waals surface area (Å²) in [6, 6.07) is 24.7. The molecule has 0 amide bonds. The Balaban J connectivity index is 1.84. The number of rotatable bonds is 5. The average molecular weight is 345 g/mol. The van der Waals surface area contributed by atoms with Crippen molar-refractivity contribution in [1.29, 1.82) is 0 Å². The highest BCUT2D eigenvalue weighted by molar-refractivity contribution is 5.99. The van der Waals surface area contributed by atoms with Crippen molar-refractivity contribution >= 4 is 22.9 Å². The number of nitrogens with one attached hydrogen (secondary N) is 1. The Morgan fingerprint density at radius 3 is 2.08 bits per heavy atom. The molecular weight excluding hydrogens is 330 g/mol. The molecule has 0 aliphatic carbocycles. The second-order valence-electron chi connectivity index (χ2n) is 5.25. The van der Waals surface area contributed by atoms with Gasteiger partial charge in [-0.1, -0.05) is 48.5 Å². The van der Waals surface area contributed by atoms with Crippen molar-refractivity contribution in [2.75, 3.05) is 5.43 Å². The molecule has 0 bridgehead atoms. The number of hydrogen-bond acceptors (Lipinski definition) is 5. The van der Waals surface area contributed by atoms with Crippen LogP contribution in [-0.2, 0) is 0 Å². The molecule has 0 saturated heterocycles. The van der Waals surface area contributed by atoms with Crippen LogP contribution in [0.15, 0.2) is 100 Å². The van der Waals surface area contributed by atoms with E-state index < -0.39 is 4.92 Å². The van der Waals surface area contributed by atoms with Gasteiger partial charge in [0.2, 0.25) is 5.84 Å². The molecule has 0 unspecified atom stereocenters. The zero-order valence-corrected chi connectivity index (χ0v) is 13.7. The molecule has 0 heterocycles. The van der Waals surface area contributed by atoms with Gasteiger partial charge in [0, 0.05) is 17.7 Å². The first-order valence-corrected chi connectivity index (χ1v) is 7.83. The van der Waals surface area contributed by atoms with E-state index in [9.17, 15) is 10.1 Å². The van der Waals surface area contributed by atoms with Crippen molar-refractivity contribution < 1.29 is 4.92 Å². The van der Waals surface area contributed by atoms with E-state index in [1.54, 1.807) is 12.1 Å². The fourth-order valence-corrected chi connectivity index (χ4v) is 2.11. The van der Waals surface area contributed by atoms with Gasteiger partial charge in [0.05, 0.1) is 16.3 Å². The SMILES string of the molecule is O=[N+]([O-])c1ccc(NN=C(N=Nc2ccccc2)c2ccccc2)cc1. The minimum atomic E-state index is -0.448. The molecule has 0 spiro atoms. The fourth-order valence-electron chi connectivity index (χ4n) is 2.11. The molecule has 3 aromatic carbocycles. The standard InChI is InChI=1S/C19H15N5O2/c25-24(26)18-13-11-17(12-14-18)21-23-19(15-7-3-1-4-8-15)22-20-16-9-5-2-6-10-16/h1-14,21H. The van der Waals surface area contributed by atoms with E-state index >= 15 is 0 Å². The van der Waals surface area contributed by atoms with E-state index in [2.05, 4.69) is 20.8 Å². The fraction of sp³-hybridized carbons (Fsp3) is 0. The Kier molecular flexibility index (Phi) is 5.41. The van der Waals surface area contributed by atoms with Crippen LogP contribution in [0.3, 0.4) is 0 Å². The van der Waals surface area contributed by atoms with E-state index in [4.69, 9.17) is 0 Å². The summed E-state index contributed by atoms with van der Waals surface area (Å²) in [7, 11) is 0. The van der Waals surface area contributed by atoms with Crippen molar-refractivity contribution in [3.05, 3.63) is 101 Å². The van der Waals surface area contributed by atoms with Gasteiger partial charge in [-0.3, -0.25) is 15.5 Å². The molecule has 7 heteroatoms. The third kappa shape index (κ3) is 4.57. The molecular formula is C19H15N5O2. The lowest BCUT2D eigenvalue weighted by molar-refractivity contribution is -0.384. The molecule has 3 aromatic rings. The summed E-state index contributed by atoms with van der Waals surface area (Å²) in [6.45, 7) is 0. The van der Waals surface area contributed by atoms with Crippen molar-refractivity contribution in [2.45, 2.75) is 0 Å². The monoisotopic (exact) mass is 345 g/mol. The van der Waals surface area contributed by atoms with Crippen molar-refractivity contribution in [3.63, 3.8) is 0 Å². The van der Waals surface area contributed by atoms with Gasteiger partial charge in [-0.15, -0.1) is 10.2 Å². The summed E-state index contributed by atoms with van der Waals surface area (Å²) >= 11 is 0. The van der Waals surface area contributed by atoms with Crippen LogP contribution in [0.25, 0.3) is 0 Å². The number of non-ortho nitro benzene ring substituents is 1. The summed E-state index contributed by atoms with van der Waals surface area (Å²) in [4.78, 5) is 10.3. The van der Waals surface area contributed by atoms with Gasteiger partial charge < -0.3 is 0 Å². The largest absolute Gasteiger partial charge is 0.276 e. The quantitative estimate of drug-likeness (QED) is 0.228. The number of benzene rings is 3. The van der Waals surface area contributed by atoms with Gasteiger partial charge in [0.25, 0.3) is 5.69 Å². The lowest BCUT2D eigenvalue weighted by Gasteiger charge is -2.03. The maximum absolute atomic E-state index is 10.7. The van der Waals surface area contributed by atoms with Gasteiger partial charge in [-0.05, 0) is 24.3 Å². The smallest absolute Gasteiger partial charge is 0.269 e. The van der Waals surface area contributed by atoms with Crippen LogP contribution in [0.5, 0.6) is 0 Å². The van der Waals surface area contributed by atoms with Crippen LogP contribution in [0.2, 0.25) is 0 Å². The Morgan fingerprint density at radius 1 is 0.846 bits per heavy atom. The van der Waals surface area contributed by atoms with E-state index in [1.807, 2.05) is 60.7 Å². The van der Waals surface area contributed by atoms with E-state index in [-0.39, 0.29) is 5.69 Å². The second kappa shape index (κ2) is 8.29. The lowest BCUT2D eigenvalue weighted by atomic mass is 10.2. The number of nitro benzene ring substituents is 1. The topological polar surface area (TPSA) is 92.2 Å². The second-order valence-corrected chi connectivity index (χ2v) is 5.25. The highest BCUT2D eigenvalue weighted by atomic mass is 16.6. The Labute approximate surface area is 149 Å². The van der Waals surface area contributed by atoms with Crippen LogP contribution in [0, 0.1) is 10.1 Å². The van der Waals surface area contributed by atoms with Crippen LogP contribution < -0.4 is 5.43 Å². The number of amidine groups is 1. The number of anilines is 1. The van der Waals surface area contributed by atoms with Crippen LogP contribution in [-0.4, -0.2) is 10.8 Å². The van der Waals surface area contributed by atoms with E-state index in [0.29, 0.717) is 17.2 Å². The summed E-state index contributed by atoms with van der Waals surface area (Å²) < 4.78 is 0. The molecule has 0 fully saturated rings. The number of hydrogen-bond donors (Lipinski definition) is 1. The predicted octanol–water partition coefficient (Wildman–Crippen LogP) is 5.15. The Morgan fingerprint density at radius 2 is 1.46 bits per heavy atom. The third-order valence-electron chi connectivity index (χ3n) is 3.42. The first kappa shape index (κ1) is 17.0. The van der Waals surface area contributed by atoms with Gasteiger partial charge in [-0.25, -0.2) is 0 Å². The molecule has 0 atom stereocenters. The highest BCUT2D eigenvalue weighted by Crippen LogP contribution is 2.16. The first-order valence-electron chi connectivity index (χ1n) is 7.83. The van der Waals surface area contributed by atoms with Crippen LogP contribution in [0.4, 0.5) is 17.1 Å². The number of nitro groups is 1. The third-order valence-corrected chi connectivity index (χ3v) is 3.42. The van der Waals surface area contributed by atoms with Crippen molar-refractivity contribution in [2.24, 2.45) is 15.3 Å². The van der Waals surface area contributed by atoms with Gasteiger partial charge in [-0.2, -0.15) is 5.10 Å². The van der Waals surface area contributed by atoms with Gasteiger partial charge >= 0.3 is 0 Å². The molecule has 0 aromatic heterocycles. The molecule has 1 N–H and O–H groups in total. The molecule has 0 radical (unpaired) electrons. The lowest BCUT2D eigenvalue weighted by Crippen LogP contribution is -2.01. The highest BCUT2D eigenvalue weighted by Gasteiger charge is 2.05. The Hall–Kier alpha value is -3.87. The van der Waals surface area contributed by atoms with E-state index in [0.717, 1.165) is 5.56 Å². The van der Waals surface area contributed by atoms with Crippen LogP contribution in [0.1, 0.15) is 5.56 Å². The zero-order chi connectivity index (χ0) is 18.2. The van der Waals surface area contributed by atoms with Crippen LogP contribution >= 0.6 is 0 Å². The van der Waals surface area contributed by atoms with E-state index in [1.165, 1.54) is 12.1 Å². The molecule has 0 aliphatic heterocycles. The molecule has 128 valence electrons. The number of azo groups is 1. The first-order chi connectivity index (χ1) is 12.7. The molecule has 0 saturated carbocycles. The van der Waals surface area contributed by atoms with Crippen molar-refractivity contribution in [3.8, 4) is 0 Å². The molecule has 26 heavy (non-hydrogen) atoms. The molecule has 0 aliphatic rings. The minimum absolute atomic E-state index is 0.0200. The zero-order valence-electron chi connectivity index (χ0n) is 13.7. The molecule has 3 rings (SSSR count). The maximum atomic E-state index is 10.7. The van der Waals surface area contributed by atoms with Crippen molar-refractivity contribution in [1.82, 2.24) is 0 Å². The summed E-state index contributed by atoms with van der Waals surface area (Å²) in [5, 5.41) is 23.4.